The van der Waals surface area contributed by atoms with Gasteiger partial charge < -0.3 is 9.84 Å². The smallest absolute Gasteiger partial charge is 0.131 e. The quantitative estimate of drug-likeness (QED) is 0.735. The zero-order valence-electron chi connectivity index (χ0n) is 10.3. The van der Waals surface area contributed by atoms with Crippen molar-refractivity contribution in [3.8, 4) is 5.75 Å². The van der Waals surface area contributed by atoms with E-state index in [2.05, 4.69) is 31.9 Å². The van der Waals surface area contributed by atoms with Gasteiger partial charge in [-0.05, 0) is 30.3 Å². The molecule has 3 rings (SSSR count). The molecule has 1 unspecified atom stereocenters. The van der Waals surface area contributed by atoms with Gasteiger partial charge in [-0.2, -0.15) is 0 Å². The molecule has 2 aromatic rings. The largest absolute Gasteiger partial charge is 0.485 e. The molecule has 104 valence electrons. The molecule has 0 aromatic heterocycles. The minimum atomic E-state index is -0.663. The summed E-state index contributed by atoms with van der Waals surface area (Å²) < 4.78 is 21.4. The van der Waals surface area contributed by atoms with E-state index < -0.39 is 12.2 Å². The van der Waals surface area contributed by atoms with Crippen LogP contribution in [0.3, 0.4) is 0 Å². The van der Waals surface area contributed by atoms with Crippen LogP contribution in [0.1, 0.15) is 29.8 Å². The highest BCUT2D eigenvalue weighted by Crippen LogP contribution is 2.42. The Morgan fingerprint density at radius 2 is 1.75 bits per heavy atom. The molecule has 5 heteroatoms. The van der Waals surface area contributed by atoms with Crippen LogP contribution in [0.5, 0.6) is 5.75 Å². The van der Waals surface area contributed by atoms with Crippen molar-refractivity contribution in [3.63, 3.8) is 0 Å². The van der Waals surface area contributed by atoms with E-state index in [1.165, 1.54) is 6.07 Å². The van der Waals surface area contributed by atoms with E-state index >= 15 is 0 Å². The third-order valence-electron chi connectivity index (χ3n) is 3.35. The van der Waals surface area contributed by atoms with Gasteiger partial charge in [0.2, 0.25) is 0 Å². The van der Waals surface area contributed by atoms with Crippen molar-refractivity contribution in [1.82, 2.24) is 0 Å². The second kappa shape index (κ2) is 5.47. The van der Waals surface area contributed by atoms with Crippen LogP contribution in [-0.2, 0) is 0 Å². The van der Waals surface area contributed by atoms with Crippen LogP contribution in [0, 0.1) is 5.82 Å². The molecular weight excluding hydrogens is 391 g/mol. The molecule has 0 fully saturated rings. The monoisotopic (exact) mass is 400 g/mol. The zero-order chi connectivity index (χ0) is 14.3. The second-order valence-corrected chi connectivity index (χ2v) is 6.54. The van der Waals surface area contributed by atoms with Crippen molar-refractivity contribution >= 4 is 31.9 Å². The molecule has 0 radical (unpaired) electrons. The molecule has 0 aliphatic carbocycles. The minimum absolute atomic E-state index is 0.335. The first-order chi connectivity index (χ1) is 9.54. The minimum Gasteiger partial charge on any atom is -0.485 e. The number of aliphatic hydroxyl groups excluding tert-OH is 1. The SMILES string of the molecule is O[C@H]1CC(c2ccc(Br)cc2F)Oc2ccc(Br)cc21. The number of hydrogen-bond acceptors (Lipinski definition) is 2. The third-order valence-corrected chi connectivity index (χ3v) is 4.33. The number of ether oxygens (including phenoxy) is 1. The van der Waals surface area contributed by atoms with E-state index in [1.807, 2.05) is 12.1 Å². The van der Waals surface area contributed by atoms with E-state index in [1.54, 1.807) is 18.2 Å². The summed E-state index contributed by atoms with van der Waals surface area (Å²) in [6, 6.07) is 10.3. The Morgan fingerprint density at radius 3 is 2.50 bits per heavy atom. The van der Waals surface area contributed by atoms with Crippen LogP contribution in [0.25, 0.3) is 0 Å². The molecule has 20 heavy (non-hydrogen) atoms. The van der Waals surface area contributed by atoms with Crippen LogP contribution in [0.2, 0.25) is 0 Å². The Balaban J connectivity index is 1.97. The number of rotatable bonds is 1. The van der Waals surface area contributed by atoms with Gasteiger partial charge in [-0.3, -0.25) is 0 Å². The molecule has 0 spiro atoms. The normalized spacial score (nSPS) is 21.2. The number of hydrogen-bond donors (Lipinski definition) is 1. The maximum absolute atomic E-state index is 14.0. The fraction of sp³-hybridized carbons (Fsp3) is 0.200. The molecule has 2 aromatic carbocycles. The first-order valence-electron chi connectivity index (χ1n) is 6.13. The van der Waals surface area contributed by atoms with Gasteiger partial charge in [0.1, 0.15) is 17.7 Å². The maximum atomic E-state index is 14.0. The number of benzene rings is 2. The van der Waals surface area contributed by atoms with Gasteiger partial charge in [0.05, 0.1) is 6.10 Å². The van der Waals surface area contributed by atoms with Gasteiger partial charge in [0.15, 0.2) is 0 Å². The molecule has 1 heterocycles. The van der Waals surface area contributed by atoms with Crippen molar-refractivity contribution < 1.29 is 14.2 Å². The molecule has 0 saturated heterocycles. The third kappa shape index (κ3) is 2.62. The number of halogens is 3. The second-order valence-electron chi connectivity index (χ2n) is 4.71. The summed E-state index contributed by atoms with van der Waals surface area (Å²) >= 11 is 6.60. The Morgan fingerprint density at radius 1 is 1.05 bits per heavy atom. The van der Waals surface area contributed by atoms with E-state index in [-0.39, 0.29) is 5.82 Å². The van der Waals surface area contributed by atoms with Crippen LogP contribution >= 0.6 is 31.9 Å². The van der Waals surface area contributed by atoms with Crippen molar-refractivity contribution in [1.29, 1.82) is 0 Å². The van der Waals surface area contributed by atoms with E-state index in [0.717, 1.165) is 10.0 Å². The summed E-state index contributed by atoms with van der Waals surface area (Å²) in [5, 5.41) is 10.2. The van der Waals surface area contributed by atoms with Gasteiger partial charge in [0.25, 0.3) is 0 Å². The summed E-state index contributed by atoms with van der Waals surface area (Å²) in [7, 11) is 0. The highest BCUT2D eigenvalue weighted by atomic mass is 79.9. The standard InChI is InChI=1S/C15H11Br2FO2/c16-8-2-4-14-11(5-8)13(19)7-15(20-14)10-3-1-9(17)6-12(10)18/h1-6,13,15,19H,7H2/t13-,15?/m0/s1. The highest BCUT2D eigenvalue weighted by Gasteiger charge is 2.29. The topological polar surface area (TPSA) is 29.5 Å². The molecule has 0 bridgehead atoms. The lowest BCUT2D eigenvalue weighted by Gasteiger charge is -2.30. The van der Waals surface area contributed by atoms with Crippen LogP contribution in [0.15, 0.2) is 45.3 Å². The zero-order valence-corrected chi connectivity index (χ0v) is 13.5. The van der Waals surface area contributed by atoms with Gasteiger partial charge in [0, 0.05) is 26.5 Å². The lowest BCUT2D eigenvalue weighted by atomic mass is 9.95. The Kier molecular flexibility index (Phi) is 3.84. The average molecular weight is 402 g/mol. The lowest BCUT2D eigenvalue weighted by molar-refractivity contribution is 0.0639. The number of fused-ring (bicyclic) bond motifs is 1. The van der Waals surface area contributed by atoms with Gasteiger partial charge in [-0.15, -0.1) is 0 Å². The molecule has 0 saturated carbocycles. The predicted octanol–water partition coefficient (Wildman–Crippen LogP) is 4.91. The summed E-state index contributed by atoms with van der Waals surface area (Å²) in [6.45, 7) is 0. The average Bonchev–Trinajstić information content (AvgIpc) is 2.39. The van der Waals surface area contributed by atoms with Crippen molar-refractivity contribution in [2.24, 2.45) is 0 Å². The fourth-order valence-corrected chi connectivity index (χ4v) is 3.08. The summed E-state index contributed by atoms with van der Waals surface area (Å²) in [5.74, 6) is 0.261. The summed E-state index contributed by atoms with van der Waals surface area (Å²) in [4.78, 5) is 0. The van der Waals surface area contributed by atoms with Crippen molar-refractivity contribution in [2.75, 3.05) is 0 Å². The Bertz CT molecular complexity index is 660. The van der Waals surface area contributed by atoms with Crippen molar-refractivity contribution in [3.05, 3.63) is 62.3 Å². The van der Waals surface area contributed by atoms with Crippen LogP contribution < -0.4 is 4.74 Å². The molecule has 2 nitrogen and oxygen atoms in total. The molecule has 1 N–H and O–H groups in total. The first kappa shape index (κ1) is 14.0. The van der Waals surface area contributed by atoms with E-state index in [4.69, 9.17) is 4.74 Å². The first-order valence-corrected chi connectivity index (χ1v) is 7.72. The van der Waals surface area contributed by atoms with Crippen LogP contribution in [0.4, 0.5) is 4.39 Å². The predicted molar refractivity (Wildman–Crippen MR) is 81.2 cm³/mol. The molecule has 2 atom stereocenters. The Hall–Kier alpha value is -0.910. The lowest BCUT2D eigenvalue weighted by Crippen LogP contribution is -2.20. The molecular formula is C15H11Br2FO2. The highest BCUT2D eigenvalue weighted by molar-refractivity contribution is 9.10. The van der Waals surface area contributed by atoms with Gasteiger partial charge >= 0.3 is 0 Å². The van der Waals surface area contributed by atoms with E-state index in [0.29, 0.717) is 22.2 Å². The number of aliphatic hydroxyl groups is 1. The van der Waals surface area contributed by atoms with Gasteiger partial charge in [-0.1, -0.05) is 37.9 Å². The van der Waals surface area contributed by atoms with Gasteiger partial charge in [-0.25, -0.2) is 4.39 Å². The molecule has 1 aliphatic heterocycles. The Labute approximate surface area is 132 Å². The summed E-state index contributed by atoms with van der Waals surface area (Å²) in [5.41, 5.74) is 1.19. The van der Waals surface area contributed by atoms with Crippen molar-refractivity contribution in [2.45, 2.75) is 18.6 Å². The fourth-order valence-electron chi connectivity index (χ4n) is 2.37. The molecule has 1 aliphatic rings. The van der Waals surface area contributed by atoms with Crippen LogP contribution in [-0.4, -0.2) is 5.11 Å². The van der Waals surface area contributed by atoms with E-state index in [9.17, 15) is 9.50 Å². The summed E-state index contributed by atoms with van der Waals surface area (Å²) in [6.07, 6.45) is -0.807. The molecule has 0 amide bonds. The maximum Gasteiger partial charge on any atom is 0.131 e.